The van der Waals surface area contributed by atoms with Gasteiger partial charge in [-0.05, 0) is 43.5 Å². The van der Waals surface area contributed by atoms with Crippen molar-refractivity contribution in [1.29, 1.82) is 5.26 Å². The molecule has 0 saturated heterocycles. The lowest BCUT2D eigenvalue weighted by atomic mass is 9.94. The summed E-state index contributed by atoms with van der Waals surface area (Å²) in [7, 11) is 1.56. The van der Waals surface area contributed by atoms with Crippen LogP contribution in [0.1, 0.15) is 44.6 Å². The van der Waals surface area contributed by atoms with Crippen LogP contribution in [-0.2, 0) is 14.3 Å². The van der Waals surface area contributed by atoms with E-state index in [-0.39, 0.29) is 24.1 Å². The second-order valence-electron chi connectivity index (χ2n) is 6.49. The zero-order chi connectivity index (χ0) is 19.6. The zero-order valence-corrected chi connectivity index (χ0v) is 15.9. The lowest BCUT2D eigenvalue weighted by Gasteiger charge is -2.33. The molecule has 27 heavy (non-hydrogen) atoms. The third kappa shape index (κ3) is 5.85. The van der Waals surface area contributed by atoms with Gasteiger partial charge >= 0.3 is 5.97 Å². The number of methoxy groups -OCH3 is 1. The van der Waals surface area contributed by atoms with Gasteiger partial charge in [-0.25, -0.2) is 4.79 Å². The molecule has 0 bridgehead atoms. The maximum atomic E-state index is 12.5. The third-order valence-corrected chi connectivity index (χ3v) is 4.77. The number of carbonyl (C=O) groups excluding carboxylic acids is 2. The molecule has 0 radical (unpaired) electrons. The molecule has 0 heterocycles. The first kappa shape index (κ1) is 20.5. The molecule has 0 atom stereocenters. The average molecular weight is 370 g/mol. The number of carbonyl (C=O) groups is 2. The number of esters is 1. The largest absolute Gasteiger partial charge is 0.497 e. The smallest absolute Gasteiger partial charge is 0.349 e. The summed E-state index contributed by atoms with van der Waals surface area (Å²) in [6.45, 7) is 2.18. The number of nitrogens with zero attached hydrogens (tertiary/aromatic N) is 2. The highest BCUT2D eigenvalue weighted by molar-refractivity contribution is 5.98. The fraction of sp³-hybridized carbons (Fsp3) is 0.476. The number of ether oxygens (including phenoxy) is 2. The van der Waals surface area contributed by atoms with E-state index in [0.717, 1.165) is 25.7 Å². The molecule has 1 fully saturated rings. The van der Waals surface area contributed by atoms with Gasteiger partial charge in [-0.3, -0.25) is 4.79 Å². The summed E-state index contributed by atoms with van der Waals surface area (Å²) in [5, 5.41) is 9.24. The lowest BCUT2D eigenvalue weighted by Crippen LogP contribution is -2.43. The summed E-state index contributed by atoms with van der Waals surface area (Å²) in [5.41, 5.74) is 0.529. The average Bonchev–Trinajstić information content (AvgIpc) is 2.72. The quantitative estimate of drug-likeness (QED) is 0.418. The fourth-order valence-electron chi connectivity index (χ4n) is 3.32. The van der Waals surface area contributed by atoms with E-state index in [2.05, 4.69) is 0 Å². The molecule has 1 amide bonds. The van der Waals surface area contributed by atoms with E-state index in [1.54, 1.807) is 36.3 Å². The first-order chi connectivity index (χ1) is 13.1. The predicted octanol–water partition coefficient (Wildman–Crippen LogP) is 3.33. The topological polar surface area (TPSA) is 79.6 Å². The molecule has 144 valence electrons. The van der Waals surface area contributed by atoms with Crippen molar-refractivity contribution in [3.63, 3.8) is 0 Å². The van der Waals surface area contributed by atoms with Gasteiger partial charge in [-0.15, -0.1) is 0 Å². The molecule has 0 aromatic heterocycles. The van der Waals surface area contributed by atoms with Crippen LogP contribution < -0.4 is 4.74 Å². The normalized spacial score (nSPS) is 14.9. The molecule has 0 aliphatic heterocycles. The van der Waals surface area contributed by atoms with Crippen molar-refractivity contribution in [2.45, 2.75) is 45.1 Å². The molecule has 0 unspecified atom stereocenters. The van der Waals surface area contributed by atoms with Crippen molar-refractivity contribution in [3.8, 4) is 11.8 Å². The van der Waals surface area contributed by atoms with Crippen molar-refractivity contribution in [2.24, 2.45) is 0 Å². The Labute approximate surface area is 160 Å². The van der Waals surface area contributed by atoms with Crippen molar-refractivity contribution < 1.29 is 19.1 Å². The van der Waals surface area contributed by atoms with Gasteiger partial charge in [0.2, 0.25) is 0 Å². The maximum absolute atomic E-state index is 12.5. The number of rotatable bonds is 7. The minimum absolute atomic E-state index is 0.145. The minimum Gasteiger partial charge on any atom is -0.497 e. The first-order valence-electron chi connectivity index (χ1n) is 9.31. The van der Waals surface area contributed by atoms with Crippen molar-refractivity contribution >= 4 is 18.0 Å². The molecule has 1 aromatic rings. The van der Waals surface area contributed by atoms with E-state index in [0.29, 0.717) is 17.9 Å². The molecule has 6 heteroatoms. The maximum Gasteiger partial charge on any atom is 0.349 e. The van der Waals surface area contributed by atoms with Crippen LogP contribution in [0.25, 0.3) is 6.08 Å². The van der Waals surface area contributed by atoms with E-state index < -0.39 is 5.97 Å². The molecule has 6 nitrogen and oxygen atoms in total. The van der Waals surface area contributed by atoms with Gasteiger partial charge in [0.1, 0.15) is 17.4 Å². The van der Waals surface area contributed by atoms with E-state index in [4.69, 9.17) is 9.47 Å². The molecule has 1 aliphatic carbocycles. The van der Waals surface area contributed by atoms with E-state index in [9.17, 15) is 14.9 Å². The van der Waals surface area contributed by atoms with E-state index in [1.807, 2.05) is 13.0 Å². The van der Waals surface area contributed by atoms with Gasteiger partial charge in [-0.1, -0.05) is 31.4 Å². The fourth-order valence-corrected chi connectivity index (χ4v) is 3.32. The summed E-state index contributed by atoms with van der Waals surface area (Å²) in [4.78, 5) is 26.4. The van der Waals surface area contributed by atoms with Crippen LogP contribution in [0.3, 0.4) is 0 Å². The summed E-state index contributed by atoms with van der Waals surface area (Å²) < 4.78 is 10.2. The molecular weight excluding hydrogens is 344 g/mol. The Hall–Kier alpha value is -2.81. The molecular formula is C21H26N2O4. The second-order valence-corrected chi connectivity index (χ2v) is 6.49. The molecule has 1 aliphatic rings. The number of nitriles is 1. The van der Waals surface area contributed by atoms with Crippen LogP contribution >= 0.6 is 0 Å². The van der Waals surface area contributed by atoms with Gasteiger partial charge in [0, 0.05) is 12.6 Å². The molecule has 1 aromatic carbocycles. The Balaban J connectivity index is 1.96. The van der Waals surface area contributed by atoms with Gasteiger partial charge < -0.3 is 14.4 Å². The van der Waals surface area contributed by atoms with Crippen LogP contribution in [0.15, 0.2) is 29.8 Å². The zero-order valence-electron chi connectivity index (χ0n) is 15.9. The van der Waals surface area contributed by atoms with Gasteiger partial charge in [0.15, 0.2) is 6.61 Å². The Morgan fingerprint density at radius 1 is 1.22 bits per heavy atom. The van der Waals surface area contributed by atoms with Crippen molar-refractivity contribution in [2.75, 3.05) is 20.3 Å². The first-order valence-corrected chi connectivity index (χ1v) is 9.31. The third-order valence-electron chi connectivity index (χ3n) is 4.77. The van der Waals surface area contributed by atoms with Crippen LogP contribution in [0.5, 0.6) is 5.75 Å². The van der Waals surface area contributed by atoms with Crippen molar-refractivity contribution in [1.82, 2.24) is 4.90 Å². The van der Waals surface area contributed by atoms with Crippen LogP contribution in [0, 0.1) is 11.3 Å². The number of amides is 1. The Morgan fingerprint density at radius 3 is 2.44 bits per heavy atom. The number of benzene rings is 1. The van der Waals surface area contributed by atoms with Gasteiger partial charge in [-0.2, -0.15) is 5.26 Å². The highest BCUT2D eigenvalue weighted by atomic mass is 16.5. The highest BCUT2D eigenvalue weighted by Crippen LogP contribution is 2.22. The van der Waals surface area contributed by atoms with Crippen LogP contribution in [0.2, 0.25) is 0 Å². The molecule has 0 N–H and O–H groups in total. The summed E-state index contributed by atoms with van der Waals surface area (Å²) in [6, 6.07) is 9.00. The van der Waals surface area contributed by atoms with Crippen LogP contribution in [0.4, 0.5) is 0 Å². The Kier molecular flexibility index (Phi) is 7.87. The lowest BCUT2D eigenvalue weighted by molar-refractivity contribution is -0.150. The van der Waals surface area contributed by atoms with Gasteiger partial charge in [0.25, 0.3) is 5.91 Å². The second kappa shape index (κ2) is 10.4. The summed E-state index contributed by atoms with van der Waals surface area (Å²) >= 11 is 0. The van der Waals surface area contributed by atoms with Crippen LogP contribution in [-0.4, -0.2) is 43.1 Å². The van der Waals surface area contributed by atoms with E-state index >= 15 is 0 Å². The molecule has 1 saturated carbocycles. The Bertz CT molecular complexity index is 713. The standard InChI is InChI=1S/C21H26N2O4/c1-3-23(18-7-5-4-6-8-18)20(24)15-27-21(25)17(14-22)13-16-9-11-19(26-2)12-10-16/h9-13,18H,3-8,15H2,1-2H3. The molecule has 0 spiro atoms. The summed E-state index contributed by atoms with van der Waals surface area (Å²) in [6.07, 6.45) is 6.88. The Morgan fingerprint density at radius 2 is 1.89 bits per heavy atom. The molecule has 2 rings (SSSR count). The van der Waals surface area contributed by atoms with E-state index in [1.165, 1.54) is 12.5 Å². The van der Waals surface area contributed by atoms with Crippen molar-refractivity contribution in [3.05, 3.63) is 35.4 Å². The number of hydrogen-bond donors (Lipinski definition) is 0. The number of likely N-dealkylation sites (N-methyl/N-ethyl adjacent to an activating group) is 1. The minimum atomic E-state index is -0.790. The number of hydrogen-bond acceptors (Lipinski definition) is 5. The highest BCUT2D eigenvalue weighted by Gasteiger charge is 2.25. The van der Waals surface area contributed by atoms with Gasteiger partial charge in [0.05, 0.1) is 7.11 Å². The summed E-state index contributed by atoms with van der Waals surface area (Å²) in [5.74, 6) is -0.318. The SMILES string of the molecule is CCN(C(=O)COC(=O)C(C#N)=Cc1ccc(OC)cc1)C1CCCCC1. The predicted molar refractivity (Wildman–Crippen MR) is 102 cm³/mol. The monoisotopic (exact) mass is 370 g/mol.